The van der Waals surface area contributed by atoms with Gasteiger partial charge < -0.3 is 9.47 Å². The lowest BCUT2D eigenvalue weighted by Crippen LogP contribution is -2.20. The van der Waals surface area contributed by atoms with E-state index in [-0.39, 0.29) is 17.9 Å². The van der Waals surface area contributed by atoms with Crippen LogP contribution >= 0.6 is 0 Å². The largest absolute Gasteiger partial charge is 0.497 e. The number of aryl methyl sites for hydroxylation is 4. The van der Waals surface area contributed by atoms with Crippen molar-refractivity contribution in [3.05, 3.63) is 105 Å². The Hall–Kier alpha value is -4.72. The normalized spacial score (nSPS) is 11.1. The van der Waals surface area contributed by atoms with Gasteiger partial charge in [-0.15, -0.1) is 0 Å². The number of benzene rings is 2. The molecule has 5 aromatic rings. The Bertz CT molecular complexity index is 1750. The first-order valence-electron chi connectivity index (χ1n) is 12.2. The van der Waals surface area contributed by atoms with Crippen LogP contribution < -0.4 is 15.0 Å². The first-order valence-corrected chi connectivity index (χ1v) is 12.2. The molecule has 3 heterocycles. The molecule has 0 saturated carbocycles. The zero-order valence-electron chi connectivity index (χ0n) is 22.0. The standard InChI is InChI=1S/C30H28N4O4/c1-18-11-12-19(2)25(14-18)34-20(3)15-24(32-34)28-21(4)31-29-27(10-7-13-33(29)30(28)36)38-17-26(35)22-8-6-9-23(16-22)37-5/h6-16H,17H2,1-5H3. The summed E-state index contributed by atoms with van der Waals surface area (Å²) in [5, 5.41) is 4.79. The molecule has 8 nitrogen and oxygen atoms in total. The monoisotopic (exact) mass is 508 g/mol. The average Bonchev–Trinajstić information content (AvgIpc) is 3.29. The number of hydrogen-bond acceptors (Lipinski definition) is 6. The first-order chi connectivity index (χ1) is 18.3. The molecular formula is C30H28N4O4. The number of Topliss-reactive ketones (excluding diaryl/α,β-unsaturated/α-hetero) is 1. The van der Waals surface area contributed by atoms with Crippen molar-refractivity contribution in [2.24, 2.45) is 0 Å². The van der Waals surface area contributed by atoms with Crippen molar-refractivity contribution in [1.29, 1.82) is 0 Å². The van der Waals surface area contributed by atoms with Gasteiger partial charge in [0.25, 0.3) is 5.56 Å². The summed E-state index contributed by atoms with van der Waals surface area (Å²) in [6, 6.07) is 18.4. The van der Waals surface area contributed by atoms with Gasteiger partial charge in [0.1, 0.15) is 11.4 Å². The third-order valence-corrected chi connectivity index (χ3v) is 6.49. The van der Waals surface area contributed by atoms with Gasteiger partial charge in [-0.1, -0.05) is 24.3 Å². The third-order valence-electron chi connectivity index (χ3n) is 6.49. The van der Waals surface area contributed by atoms with E-state index in [0.29, 0.717) is 39.7 Å². The molecule has 5 rings (SSSR count). The molecule has 0 unspecified atom stereocenters. The van der Waals surface area contributed by atoms with Crippen LogP contribution in [0.15, 0.2) is 71.7 Å². The molecule has 38 heavy (non-hydrogen) atoms. The molecule has 0 radical (unpaired) electrons. The van der Waals surface area contributed by atoms with Crippen LogP contribution in [0.3, 0.4) is 0 Å². The quantitative estimate of drug-likeness (QED) is 0.286. The number of nitrogens with zero attached hydrogens (tertiary/aromatic N) is 4. The maximum absolute atomic E-state index is 13.6. The van der Waals surface area contributed by atoms with Crippen molar-refractivity contribution in [2.45, 2.75) is 27.7 Å². The highest BCUT2D eigenvalue weighted by molar-refractivity contribution is 5.97. The number of carbonyl (C=O) groups is 1. The topological polar surface area (TPSA) is 87.7 Å². The molecule has 0 atom stereocenters. The smallest absolute Gasteiger partial charge is 0.267 e. The zero-order valence-corrected chi connectivity index (χ0v) is 22.0. The molecule has 0 aliphatic rings. The summed E-state index contributed by atoms with van der Waals surface area (Å²) < 4.78 is 14.3. The summed E-state index contributed by atoms with van der Waals surface area (Å²) in [7, 11) is 1.55. The van der Waals surface area contributed by atoms with Gasteiger partial charge in [0, 0.05) is 17.5 Å². The van der Waals surface area contributed by atoms with E-state index >= 15 is 0 Å². The summed E-state index contributed by atoms with van der Waals surface area (Å²) in [4.78, 5) is 31.1. The summed E-state index contributed by atoms with van der Waals surface area (Å²) in [6.45, 7) is 7.61. The summed E-state index contributed by atoms with van der Waals surface area (Å²) in [5.41, 5.74) is 6.13. The number of fused-ring (bicyclic) bond motifs is 1. The number of pyridine rings is 1. The Morgan fingerprint density at radius 3 is 2.58 bits per heavy atom. The van der Waals surface area contributed by atoms with Gasteiger partial charge in [-0.05, 0) is 75.2 Å². The fourth-order valence-corrected chi connectivity index (χ4v) is 4.46. The van der Waals surface area contributed by atoms with Crippen LogP contribution in [0.25, 0.3) is 22.6 Å². The maximum atomic E-state index is 13.6. The van der Waals surface area contributed by atoms with E-state index in [1.54, 1.807) is 56.6 Å². The highest BCUT2D eigenvalue weighted by atomic mass is 16.5. The fraction of sp³-hybridized carbons (Fsp3) is 0.200. The predicted molar refractivity (Wildman–Crippen MR) is 146 cm³/mol. The molecule has 192 valence electrons. The highest BCUT2D eigenvalue weighted by Crippen LogP contribution is 2.25. The Morgan fingerprint density at radius 2 is 1.79 bits per heavy atom. The van der Waals surface area contributed by atoms with E-state index in [4.69, 9.17) is 19.6 Å². The molecular weight excluding hydrogens is 480 g/mol. The van der Waals surface area contributed by atoms with Gasteiger partial charge in [0.2, 0.25) is 0 Å². The highest BCUT2D eigenvalue weighted by Gasteiger charge is 2.19. The van der Waals surface area contributed by atoms with Gasteiger partial charge in [-0.3, -0.25) is 14.0 Å². The second-order valence-corrected chi connectivity index (χ2v) is 9.26. The van der Waals surface area contributed by atoms with Crippen LogP contribution in [0.4, 0.5) is 0 Å². The lowest BCUT2D eigenvalue weighted by molar-refractivity contribution is 0.0922. The molecule has 0 aliphatic heterocycles. The summed E-state index contributed by atoms with van der Waals surface area (Å²) in [6.07, 6.45) is 1.64. The van der Waals surface area contributed by atoms with Crippen LogP contribution in [0.2, 0.25) is 0 Å². The van der Waals surface area contributed by atoms with Crippen molar-refractivity contribution < 1.29 is 14.3 Å². The minimum atomic E-state index is -0.261. The lowest BCUT2D eigenvalue weighted by atomic mass is 10.1. The molecule has 0 bridgehead atoms. The second-order valence-electron chi connectivity index (χ2n) is 9.26. The van der Waals surface area contributed by atoms with Crippen LogP contribution in [-0.4, -0.2) is 38.7 Å². The molecule has 3 aromatic heterocycles. The van der Waals surface area contributed by atoms with E-state index < -0.39 is 0 Å². The maximum Gasteiger partial charge on any atom is 0.267 e. The summed E-state index contributed by atoms with van der Waals surface area (Å²) in [5.74, 6) is 0.717. The molecule has 0 saturated heterocycles. The van der Waals surface area contributed by atoms with Crippen molar-refractivity contribution in [1.82, 2.24) is 19.2 Å². The van der Waals surface area contributed by atoms with Crippen LogP contribution in [0.1, 0.15) is 32.9 Å². The second kappa shape index (κ2) is 9.97. The Morgan fingerprint density at radius 1 is 0.974 bits per heavy atom. The Kier molecular flexibility index (Phi) is 6.55. The number of rotatable bonds is 7. The molecule has 0 aliphatic carbocycles. The molecule has 0 N–H and O–H groups in total. The van der Waals surface area contributed by atoms with Gasteiger partial charge >= 0.3 is 0 Å². The van der Waals surface area contributed by atoms with E-state index in [1.807, 2.05) is 31.5 Å². The molecule has 0 amide bonds. The van der Waals surface area contributed by atoms with E-state index in [9.17, 15) is 9.59 Å². The molecule has 8 heteroatoms. The van der Waals surface area contributed by atoms with Crippen molar-refractivity contribution in [3.8, 4) is 28.4 Å². The van der Waals surface area contributed by atoms with Crippen LogP contribution in [-0.2, 0) is 0 Å². The molecule has 0 spiro atoms. The number of hydrogen-bond donors (Lipinski definition) is 0. The number of methoxy groups -OCH3 is 1. The Balaban J connectivity index is 1.50. The minimum absolute atomic E-state index is 0.205. The van der Waals surface area contributed by atoms with E-state index in [0.717, 1.165) is 22.5 Å². The van der Waals surface area contributed by atoms with E-state index in [2.05, 4.69) is 18.2 Å². The number of ether oxygens (including phenoxy) is 2. The van der Waals surface area contributed by atoms with Gasteiger partial charge in [-0.25, -0.2) is 9.67 Å². The third kappa shape index (κ3) is 4.56. The first kappa shape index (κ1) is 25.0. The molecule has 2 aromatic carbocycles. The minimum Gasteiger partial charge on any atom is -0.497 e. The fourth-order valence-electron chi connectivity index (χ4n) is 4.46. The van der Waals surface area contributed by atoms with Crippen molar-refractivity contribution >= 4 is 11.4 Å². The van der Waals surface area contributed by atoms with E-state index in [1.165, 1.54) is 4.40 Å². The van der Waals surface area contributed by atoms with Gasteiger partial charge in [-0.2, -0.15) is 5.10 Å². The summed E-state index contributed by atoms with van der Waals surface area (Å²) >= 11 is 0. The number of carbonyl (C=O) groups excluding carboxylic acids is 1. The lowest BCUT2D eigenvalue weighted by Gasteiger charge is -2.12. The number of aromatic nitrogens is 4. The van der Waals surface area contributed by atoms with Crippen molar-refractivity contribution in [3.63, 3.8) is 0 Å². The van der Waals surface area contributed by atoms with Crippen LogP contribution in [0, 0.1) is 27.7 Å². The van der Waals surface area contributed by atoms with Crippen LogP contribution in [0.5, 0.6) is 11.5 Å². The Labute approximate surface area is 220 Å². The average molecular weight is 509 g/mol. The van der Waals surface area contributed by atoms with Gasteiger partial charge in [0.05, 0.1) is 24.1 Å². The van der Waals surface area contributed by atoms with Crippen molar-refractivity contribution in [2.75, 3.05) is 13.7 Å². The SMILES string of the molecule is COc1cccc(C(=O)COc2cccn3c(=O)c(-c4cc(C)n(-c5cc(C)ccc5C)n4)c(C)nc23)c1. The predicted octanol–water partition coefficient (Wildman–Crippen LogP) is 5.05. The van der Waals surface area contributed by atoms with Gasteiger partial charge in [0.15, 0.2) is 23.8 Å². The number of ketones is 1. The molecule has 0 fully saturated rings. The zero-order chi connectivity index (χ0) is 27.0.